The van der Waals surface area contributed by atoms with Crippen LogP contribution in [0.1, 0.15) is 30.7 Å². The zero-order valence-corrected chi connectivity index (χ0v) is 12.5. The van der Waals surface area contributed by atoms with Crippen LogP contribution in [-0.2, 0) is 14.3 Å². The van der Waals surface area contributed by atoms with Gasteiger partial charge < -0.3 is 15.2 Å². The Balaban J connectivity index is 2.04. The molecule has 0 bridgehead atoms. The van der Waals surface area contributed by atoms with E-state index in [1.54, 1.807) is 6.08 Å². The molecule has 5 nitrogen and oxygen atoms in total. The van der Waals surface area contributed by atoms with E-state index in [1.165, 1.54) is 0 Å². The van der Waals surface area contributed by atoms with Gasteiger partial charge in [-0.25, -0.2) is 4.79 Å². The molecule has 0 aliphatic carbocycles. The second kappa shape index (κ2) is 7.22. The van der Waals surface area contributed by atoms with E-state index in [1.807, 2.05) is 30.3 Å². The number of amides is 1. The first-order valence-electron chi connectivity index (χ1n) is 7.37. The standard InChI is InChI=1S/C17H21NO4/c1-2-13(14-6-4-3-5-7-14)12-15(19)18-17(16(20)21)8-10-22-11-9-17/h2-7,13H,1,8-12H2,(H,18,19)(H,20,21). The van der Waals surface area contributed by atoms with Gasteiger partial charge in [0.1, 0.15) is 5.54 Å². The monoisotopic (exact) mass is 303 g/mol. The molecule has 1 unspecified atom stereocenters. The van der Waals surface area contributed by atoms with Crippen molar-refractivity contribution in [2.45, 2.75) is 30.7 Å². The van der Waals surface area contributed by atoms with Gasteiger partial charge in [0.2, 0.25) is 5.91 Å². The van der Waals surface area contributed by atoms with Crippen molar-refractivity contribution in [3.05, 3.63) is 48.6 Å². The van der Waals surface area contributed by atoms with Gasteiger partial charge in [-0.3, -0.25) is 4.79 Å². The molecule has 1 aromatic carbocycles. The quantitative estimate of drug-likeness (QED) is 0.789. The number of carbonyl (C=O) groups excluding carboxylic acids is 1. The number of carboxylic acid groups (broad SMARTS) is 1. The maximum atomic E-state index is 12.3. The number of carboxylic acids is 1. The van der Waals surface area contributed by atoms with Crippen molar-refractivity contribution in [2.24, 2.45) is 0 Å². The average molecular weight is 303 g/mol. The summed E-state index contributed by atoms with van der Waals surface area (Å²) in [6, 6.07) is 9.58. The molecule has 1 heterocycles. The first-order chi connectivity index (χ1) is 10.6. The molecule has 118 valence electrons. The predicted octanol–water partition coefficient (Wildman–Crippen LogP) is 2.10. The first-order valence-corrected chi connectivity index (χ1v) is 7.37. The highest BCUT2D eigenvalue weighted by Crippen LogP contribution is 2.24. The fraction of sp³-hybridized carbons (Fsp3) is 0.412. The lowest BCUT2D eigenvalue weighted by Crippen LogP contribution is -2.57. The van der Waals surface area contributed by atoms with Crippen LogP contribution in [0.15, 0.2) is 43.0 Å². The average Bonchev–Trinajstić information content (AvgIpc) is 2.54. The summed E-state index contributed by atoms with van der Waals surface area (Å²) in [5.41, 5.74) is -0.221. The minimum atomic E-state index is -1.21. The molecule has 22 heavy (non-hydrogen) atoms. The van der Waals surface area contributed by atoms with Gasteiger partial charge in [0.25, 0.3) is 0 Å². The third-order valence-corrected chi connectivity index (χ3v) is 4.05. The van der Waals surface area contributed by atoms with Gasteiger partial charge in [0.05, 0.1) is 0 Å². The summed E-state index contributed by atoms with van der Waals surface area (Å²) in [5.74, 6) is -1.41. The number of hydrogen-bond donors (Lipinski definition) is 2. The minimum Gasteiger partial charge on any atom is -0.480 e. The number of carbonyl (C=O) groups is 2. The lowest BCUT2D eigenvalue weighted by Gasteiger charge is -2.34. The highest BCUT2D eigenvalue weighted by atomic mass is 16.5. The van der Waals surface area contributed by atoms with Crippen molar-refractivity contribution >= 4 is 11.9 Å². The van der Waals surface area contributed by atoms with E-state index < -0.39 is 11.5 Å². The number of aliphatic carboxylic acids is 1. The first kappa shape index (κ1) is 16.2. The number of allylic oxidation sites excluding steroid dienone is 1. The van der Waals surface area contributed by atoms with Crippen molar-refractivity contribution < 1.29 is 19.4 Å². The van der Waals surface area contributed by atoms with Crippen molar-refractivity contribution in [3.63, 3.8) is 0 Å². The molecule has 0 spiro atoms. The summed E-state index contributed by atoms with van der Waals surface area (Å²) in [6.07, 6.45) is 2.48. The highest BCUT2D eigenvalue weighted by molar-refractivity contribution is 5.87. The van der Waals surface area contributed by atoms with Gasteiger partial charge in [0.15, 0.2) is 0 Å². The summed E-state index contributed by atoms with van der Waals surface area (Å²) >= 11 is 0. The van der Waals surface area contributed by atoms with E-state index in [-0.39, 0.29) is 31.1 Å². The normalized spacial score (nSPS) is 18.2. The van der Waals surface area contributed by atoms with Crippen LogP contribution in [0.4, 0.5) is 0 Å². The number of ether oxygens (including phenoxy) is 1. The summed E-state index contributed by atoms with van der Waals surface area (Å²) in [7, 11) is 0. The fourth-order valence-corrected chi connectivity index (χ4v) is 2.67. The second-order valence-electron chi connectivity index (χ2n) is 5.50. The van der Waals surface area contributed by atoms with Gasteiger partial charge in [-0.2, -0.15) is 0 Å². The van der Waals surface area contributed by atoms with Gasteiger partial charge in [-0.15, -0.1) is 6.58 Å². The highest BCUT2D eigenvalue weighted by Gasteiger charge is 2.41. The molecule has 1 aliphatic heterocycles. The Morgan fingerprint density at radius 2 is 1.95 bits per heavy atom. The number of benzene rings is 1. The molecule has 2 N–H and O–H groups in total. The van der Waals surface area contributed by atoms with Crippen LogP contribution in [0.25, 0.3) is 0 Å². The molecule has 1 amide bonds. The van der Waals surface area contributed by atoms with Gasteiger partial charge in [-0.1, -0.05) is 36.4 Å². The van der Waals surface area contributed by atoms with Crippen molar-refractivity contribution in [1.82, 2.24) is 5.32 Å². The Morgan fingerprint density at radius 3 is 2.50 bits per heavy atom. The number of rotatable bonds is 6. The second-order valence-corrected chi connectivity index (χ2v) is 5.50. The van der Waals surface area contributed by atoms with E-state index in [0.717, 1.165) is 5.56 Å². The van der Waals surface area contributed by atoms with Crippen LogP contribution in [0.5, 0.6) is 0 Å². The van der Waals surface area contributed by atoms with Gasteiger partial charge in [-0.05, 0) is 5.56 Å². The molecule has 0 aromatic heterocycles. The SMILES string of the molecule is C=CC(CC(=O)NC1(C(=O)O)CCOCC1)c1ccccc1. The van der Waals surface area contributed by atoms with Crippen molar-refractivity contribution in [3.8, 4) is 0 Å². The summed E-state index contributed by atoms with van der Waals surface area (Å²) in [5, 5.41) is 12.2. The van der Waals surface area contributed by atoms with E-state index in [0.29, 0.717) is 13.2 Å². The molecule has 1 saturated heterocycles. The largest absolute Gasteiger partial charge is 0.480 e. The molecule has 2 rings (SSSR count). The molecular formula is C17H21NO4. The lowest BCUT2D eigenvalue weighted by atomic mass is 9.89. The molecule has 5 heteroatoms. The molecule has 1 atom stereocenters. The molecule has 1 aliphatic rings. The van der Waals surface area contributed by atoms with Gasteiger partial charge >= 0.3 is 5.97 Å². The van der Waals surface area contributed by atoms with Crippen LogP contribution >= 0.6 is 0 Å². The molecule has 0 radical (unpaired) electrons. The smallest absolute Gasteiger partial charge is 0.329 e. The summed E-state index contributed by atoms with van der Waals surface area (Å²) < 4.78 is 5.20. The maximum Gasteiger partial charge on any atom is 0.329 e. The third kappa shape index (κ3) is 3.74. The molecule has 1 fully saturated rings. The topological polar surface area (TPSA) is 75.6 Å². The Bertz CT molecular complexity index is 535. The summed E-state index contributed by atoms with van der Waals surface area (Å²) in [6.45, 7) is 4.46. The Hall–Kier alpha value is -2.14. The van der Waals surface area contributed by atoms with Crippen molar-refractivity contribution in [2.75, 3.05) is 13.2 Å². The Morgan fingerprint density at radius 1 is 1.32 bits per heavy atom. The van der Waals surface area contributed by atoms with E-state index in [4.69, 9.17) is 4.74 Å². The molecule has 0 saturated carbocycles. The lowest BCUT2D eigenvalue weighted by molar-refractivity contribution is -0.152. The zero-order valence-electron chi connectivity index (χ0n) is 12.5. The van der Waals surface area contributed by atoms with Crippen LogP contribution < -0.4 is 5.32 Å². The zero-order chi connectivity index (χ0) is 16.0. The van der Waals surface area contributed by atoms with Gasteiger partial charge in [0, 0.05) is 38.4 Å². The number of hydrogen-bond acceptors (Lipinski definition) is 3. The van der Waals surface area contributed by atoms with Crippen LogP contribution in [0.2, 0.25) is 0 Å². The Labute approximate surface area is 130 Å². The van der Waals surface area contributed by atoms with Crippen LogP contribution in [-0.4, -0.2) is 35.7 Å². The van der Waals surface area contributed by atoms with Crippen LogP contribution in [0.3, 0.4) is 0 Å². The van der Waals surface area contributed by atoms with E-state index in [9.17, 15) is 14.7 Å². The summed E-state index contributed by atoms with van der Waals surface area (Å²) in [4.78, 5) is 23.8. The predicted molar refractivity (Wildman–Crippen MR) is 82.6 cm³/mol. The van der Waals surface area contributed by atoms with E-state index in [2.05, 4.69) is 11.9 Å². The fourth-order valence-electron chi connectivity index (χ4n) is 2.67. The molecule has 1 aromatic rings. The van der Waals surface area contributed by atoms with Crippen LogP contribution in [0, 0.1) is 0 Å². The number of nitrogens with one attached hydrogen (secondary N) is 1. The molecular weight excluding hydrogens is 282 g/mol. The maximum absolute atomic E-state index is 12.3. The minimum absolute atomic E-state index is 0.133. The Kier molecular flexibility index (Phi) is 5.33. The van der Waals surface area contributed by atoms with Crippen molar-refractivity contribution in [1.29, 1.82) is 0 Å². The van der Waals surface area contributed by atoms with E-state index >= 15 is 0 Å². The third-order valence-electron chi connectivity index (χ3n) is 4.05.